The molecule has 0 aliphatic heterocycles. The highest BCUT2D eigenvalue weighted by atomic mass is 19.4. The van der Waals surface area contributed by atoms with E-state index in [0.29, 0.717) is 33.4 Å². The monoisotopic (exact) mass is 698 g/mol. The van der Waals surface area contributed by atoms with Crippen LogP contribution in [0, 0.1) is 13.8 Å². The SMILES string of the molecule is Cc1ccccc1-c1ccc(C(F)(F)F)c(-c2cc(-c3ccccc3)c(-c3cc(-c4ccccc4C)ccc3C(F)(F)F)cc2-c2ccccc2)c1. The highest BCUT2D eigenvalue weighted by Gasteiger charge is 2.37. The van der Waals surface area contributed by atoms with E-state index in [4.69, 9.17) is 0 Å². The van der Waals surface area contributed by atoms with E-state index in [-0.39, 0.29) is 22.3 Å². The Labute approximate surface area is 298 Å². The molecule has 0 spiro atoms. The molecule has 7 rings (SSSR count). The second kappa shape index (κ2) is 13.7. The fourth-order valence-corrected chi connectivity index (χ4v) is 6.92. The highest BCUT2D eigenvalue weighted by Crippen LogP contribution is 2.49. The largest absolute Gasteiger partial charge is 0.417 e. The van der Waals surface area contributed by atoms with E-state index in [1.807, 2.05) is 62.4 Å². The van der Waals surface area contributed by atoms with E-state index in [0.717, 1.165) is 34.4 Å². The summed E-state index contributed by atoms with van der Waals surface area (Å²) in [6.07, 6.45) is -9.44. The summed E-state index contributed by atoms with van der Waals surface area (Å²) in [5.41, 5.74) is 5.09. The topological polar surface area (TPSA) is 0 Å². The Kier molecular flexibility index (Phi) is 9.09. The predicted molar refractivity (Wildman–Crippen MR) is 199 cm³/mol. The van der Waals surface area contributed by atoms with Crippen LogP contribution in [-0.2, 0) is 12.4 Å². The molecule has 0 fully saturated rings. The van der Waals surface area contributed by atoms with E-state index >= 15 is 0 Å². The van der Waals surface area contributed by atoms with Crippen LogP contribution in [0.5, 0.6) is 0 Å². The van der Waals surface area contributed by atoms with Crippen molar-refractivity contribution in [3.8, 4) is 66.8 Å². The average Bonchev–Trinajstić information content (AvgIpc) is 3.14. The number of hydrogen-bond acceptors (Lipinski definition) is 0. The summed E-state index contributed by atoms with van der Waals surface area (Å²) in [5.74, 6) is 0. The summed E-state index contributed by atoms with van der Waals surface area (Å²) >= 11 is 0. The number of hydrogen-bond donors (Lipinski definition) is 0. The molecule has 0 aliphatic carbocycles. The van der Waals surface area contributed by atoms with Crippen molar-refractivity contribution in [2.75, 3.05) is 0 Å². The molecule has 0 heterocycles. The smallest absolute Gasteiger partial charge is 0.166 e. The lowest BCUT2D eigenvalue weighted by Gasteiger charge is -2.23. The van der Waals surface area contributed by atoms with Crippen molar-refractivity contribution in [3.05, 3.63) is 180 Å². The molecule has 52 heavy (non-hydrogen) atoms. The lowest BCUT2D eigenvalue weighted by molar-refractivity contribution is -0.137. The van der Waals surface area contributed by atoms with E-state index in [2.05, 4.69) is 0 Å². The Bertz CT molecular complexity index is 2220. The first-order chi connectivity index (χ1) is 24.9. The Morgan fingerprint density at radius 2 is 0.635 bits per heavy atom. The van der Waals surface area contributed by atoms with Crippen LogP contribution < -0.4 is 0 Å². The molecular weight excluding hydrogens is 666 g/mol. The van der Waals surface area contributed by atoms with Crippen LogP contribution in [0.15, 0.2) is 158 Å². The minimum absolute atomic E-state index is 0.0689. The first-order valence-corrected chi connectivity index (χ1v) is 16.7. The number of rotatable bonds is 6. The molecule has 0 radical (unpaired) electrons. The van der Waals surface area contributed by atoms with Crippen molar-refractivity contribution in [1.29, 1.82) is 0 Å². The highest BCUT2D eigenvalue weighted by molar-refractivity contribution is 5.97. The molecule has 0 bridgehead atoms. The lowest BCUT2D eigenvalue weighted by Crippen LogP contribution is -2.09. The molecule has 0 amide bonds. The predicted octanol–water partition coefficient (Wildman–Crippen LogP) is 14.3. The summed E-state index contributed by atoms with van der Waals surface area (Å²) < 4.78 is 89.7. The van der Waals surface area contributed by atoms with E-state index in [1.165, 1.54) is 12.1 Å². The zero-order chi connectivity index (χ0) is 36.6. The van der Waals surface area contributed by atoms with Gasteiger partial charge < -0.3 is 0 Å². The minimum Gasteiger partial charge on any atom is -0.166 e. The van der Waals surface area contributed by atoms with Crippen LogP contribution >= 0.6 is 0 Å². The third-order valence-corrected chi connectivity index (χ3v) is 9.47. The van der Waals surface area contributed by atoms with Crippen molar-refractivity contribution in [3.63, 3.8) is 0 Å². The molecular formula is C46H32F6. The molecule has 0 nitrogen and oxygen atoms in total. The maximum absolute atomic E-state index is 14.9. The summed E-state index contributed by atoms with van der Waals surface area (Å²) in [4.78, 5) is 0. The molecule has 0 aromatic heterocycles. The minimum atomic E-state index is -4.72. The van der Waals surface area contributed by atoms with Gasteiger partial charge in [0.2, 0.25) is 0 Å². The molecule has 0 aliphatic rings. The van der Waals surface area contributed by atoms with Gasteiger partial charge in [0.25, 0.3) is 0 Å². The third kappa shape index (κ3) is 6.76. The zero-order valence-corrected chi connectivity index (χ0v) is 28.3. The Hall–Kier alpha value is -5.88. The van der Waals surface area contributed by atoms with Gasteiger partial charge >= 0.3 is 12.4 Å². The Morgan fingerprint density at radius 3 is 0.981 bits per heavy atom. The molecule has 0 unspecified atom stereocenters. The average molecular weight is 699 g/mol. The van der Waals surface area contributed by atoms with Gasteiger partial charge in [0.15, 0.2) is 0 Å². The summed E-state index contributed by atoms with van der Waals surface area (Å²) in [7, 11) is 0. The number of aryl methyl sites for hydroxylation is 2. The van der Waals surface area contributed by atoms with Crippen molar-refractivity contribution < 1.29 is 26.3 Å². The van der Waals surface area contributed by atoms with Crippen LogP contribution in [0.2, 0.25) is 0 Å². The van der Waals surface area contributed by atoms with Gasteiger partial charge in [-0.3, -0.25) is 0 Å². The normalized spacial score (nSPS) is 11.8. The molecule has 6 heteroatoms. The molecule has 0 N–H and O–H groups in total. The molecule has 0 saturated heterocycles. The molecule has 7 aromatic rings. The Morgan fingerprint density at radius 1 is 0.288 bits per heavy atom. The van der Waals surface area contributed by atoms with Gasteiger partial charge in [0.05, 0.1) is 11.1 Å². The van der Waals surface area contributed by atoms with Gasteiger partial charge in [-0.15, -0.1) is 0 Å². The molecule has 258 valence electrons. The zero-order valence-electron chi connectivity index (χ0n) is 28.3. The lowest BCUT2D eigenvalue weighted by atomic mass is 9.82. The maximum atomic E-state index is 14.9. The van der Waals surface area contributed by atoms with Gasteiger partial charge in [0, 0.05) is 0 Å². The van der Waals surface area contributed by atoms with Crippen molar-refractivity contribution >= 4 is 0 Å². The molecule has 0 atom stereocenters. The molecule has 0 saturated carbocycles. The van der Waals surface area contributed by atoms with Crippen LogP contribution in [0.25, 0.3) is 66.8 Å². The number of benzene rings is 7. The standard InChI is InChI=1S/C46H32F6/c1-29-13-9-11-19-35(29)33-21-23-43(45(47,48)49)41(25-33)39-27-38(32-17-7-4-8-18-32)40(28-37(39)31-15-5-3-6-16-31)42-26-34(22-24-44(42)46(50,51)52)36-20-12-10-14-30(36)2/h3-28H,1-2H3. The van der Waals surface area contributed by atoms with E-state index in [1.54, 1.807) is 84.9 Å². The quantitative estimate of drug-likeness (QED) is 0.152. The summed E-state index contributed by atoms with van der Waals surface area (Å²) in [6, 6.07) is 44.0. The van der Waals surface area contributed by atoms with Crippen LogP contribution in [0.1, 0.15) is 22.3 Å². The first kappa shape index (κ1) is 34.6. The third-order valence-electron chi connectivity index (χ3n) is 9.47. The van der Waals surface area contributed by atoms with Crippen LogP contribution in [-0.4, -0.2) is 0 Å². The fourth-order valence-electron chi connectivity index (χ4n) is 6.92. The number of alkyl halides is 6. The molecule has 7 aromatic carbocycles. The van der Waals surface area contributed by atoms with Crippen LogP contribution in [0.4, 0.5) is 26.3 Å². The van der Waals surface area contributed by atoms with Gasteiger partial charge in [0.1, 0.15) is 0 Å². The summed E-state index contributed by atoms with van der Waals surface area (Å²) in [6.45, 7) is 3.79. The van der Waals surface area contributed by atoms with E-state index in [9.17, 15) is 26.3 Å². The van der Waals surface area contributed by atoms with Crippen molar-refractivity contribution in [2.45, 2.75) is 26.2 Å². The van der Waals surface area contributed by atoms with Gasteiger partial charge in [-0.05, 0) is 128 Å². The van der Waals surface area contributed by atoms with Crippen LogP contribution in [0.3, 0.4) is 0 Å². The summed E-state index contributed by atoms with van der Waals surface area (Å²) in [5, 5.41) is 0. The fraction of sp³-hybridized carbons (Fsp3) is 0.0870. The second-order valence-electron chi connectivity index (χ2n) is 12.8. The van der Waals surface area contributed by atoms with Gasteiger partial charge in [-0.2, -0.15) is 26.3 Å². The Balaban J connectivity index is 1.62. The maximum Gasteiger partial charge on any atom is 0.417 e. The van der Waals surface area contributed by atoms with Crippen molar-refractivity contribution in [1.82, 2.24) is 0 Å². The van der Waals surface area contributed by atoms with Gasteiger partial charge in [-0.25, -0.2) is 0 Å². The van der Waals surface area contributed by atoms with Gasteiger partial charge in [-0.1, -0.05) is 121 Å². The number of halogens is 6. The van der Waals surface area contributed by atoms with Crippen molar-refractivity contribution in [2.24, 2.45) is 0 Å². The van der Waals surface area contributed by atoms with E-state index < -0.39 is 23.5 Å². The second-order valence-corrected chi connectivity index (χ2v) is 12.8. The first-order valence-electron chi connectivity index (χ1n) is 16.7.